The van der Waals surface area contributed by atoms with Crippen molar-refractivity contribution in [1.29, 1.82) is 0 Å². The molecule has 0 unspecified atom stereocenters. The molecule has 0 saturated carbocycles. The van der Waals surface area contributed by atoms with E-state index in [1.165, 1.54) is 38.5 Å². The maximum atomic E-state index is 3.42. The zero-order valence-electron chi connectivity index (χ0n) is 9.32. The lowest BCUT2D eigenvalue weighted by molar-refractivity contribution is 0.624. The molecule has 0 saturated heterocycles. The van der Waals surface area contributed by atoms with Crippen molar-refractivity contribution in [3.63, 3.8) is 0 Å². The Labute approximate surface area is 87.0 Å². The summed E-state index contributed by atoms with van der Waals surface area (Å²) in [4.78, 5) is 0. The summed E-state index contributed by atoms with van der Waals surface area (Å²) in [6, 6.07) is 1.72. The van der Waals surface area contributed by atoms with Gasteiger partial charge in [-0.1, -0.05) is 52.4 Å². The summed E-state index contributed by atoms with van der Waals surface area (Å²) in [5, 5.41) is 10.1. The molecular weight excluding hydrogens is 174 g/mol. The molecule has 0 N–H and O–H groups in total. The first-order valence-corrected chi connectivity index (χ1v) is 5.50. The second-order valence-corrected chi connectivity index (χ2v) is 3.23. The van der Waals surface area contributed by atoms with Crippen LogP contribution in [0.5, 0.6) is 0 Å². The van der Waals surface area contributed by atoms with Crippen molar-refractivity contribution in [2.24, 2.45) is 0 Å². The van der Waals surface area contributed by atoms with Gasteiger partial charge in [-0.15, -0.1) is 10.2 Å². The quantitative estimate of drug-likeness (QED) is 0.677. The topological polar surface area (TPSA) is 38.7 Å². The normalized spacial score (nSPS) is 9.00. The SMILES string of the molecule is CCCCCCCC.c1cnnnc1. The Morgan fingerprint density at radius 2 is 1.29 bits per heavy atom. The molecule has 0 atom stereocenters. The highest BCUT2D eigenvalue weighted by Gasteiger charge is 1.83. The molecule has 3 heteroatoms. The molecule has 1 aromatic rings. The molecule has 3 nitrogen and oxygen atoms in total. The van der Waals surface area contributed by atoms with Crippen molar-refractivity contribution in [1.82, 2.24) is 15.4 Å². The monoisotopic (exact) mass is 195 g/mol. The smallest absolute Gasteiger partial charge is 0.0529 e. The lowest BCUT2D eigenvalue weighted by Crippen LogP contribution is -1.78. The van der Waals surface area contributed by atoms with E-state index >= 15 is 0 Å². The van der Waals surface area contributed by atoms with Crippen molar-refractivity contribution in [2.45, 2.75) is 52.4 Å². The van der Waals surface area contributed by atoms with Crippen LogP contribution in [0.4, 0.5) is 0 Å². The van der Waals surface area contributed by atoms with Crippen molar-refractivity contribution < 1.29 is 0 Å². The Kier molecular flexibility index (Phi) is 11.2. The number of hydrogen-bond donors (Lipinski definition) is 0. The molecule has 0 amide bonds. The van der Waals surface area contributed by atoms with Gasteiger partial charge in [-0.2, -0.15) is 0 Å². The van der Waals surface area contributed by atoms with Gasteiger partial charge in [0.05, 0.1) is 12.4 Å². The third-order valence-corrected chi connectivity index (χ3v) is 1.87. The molecule has 0 aliphatic carbocycles. The minimum atomic E-state index is 1.36. The minimum Gasteiger partial charge on any atom is -0.139 e. The molecule has 0 aliphatic rings. The number of rotatable bonds is 5. The molecule has 0 aliphatic heterocycles. The largest absolute Gasteiger partial charge is 0.139 e. The van der Waals surface area contributed by atoms with Gasteiger partial charge in [-0.05, 0) is 11.3 Å². The molecule has 0 radical (unpaired) electrons. The molecular formula is C11H21N3. The van der Waals surface area contributed by atoms with E-state index in [2.05, 4.69) is 29.3 Å². The van der Waals surface area contributed by atoms with Crippen LogP contribution in [-0.4, -0.2) is 15.4 Å². The highest BCUT2D eigenvalue weighted by Crippen LogP contribution is 2.03. The second-order valence-electron chi connectivity index (χ2n) is 3.23. The van der Waals surface area contributed by atoms with E-state index in [1.54, 1.807) is 18.5 Å². The lowest BCUT2D eigenvalue weighted by atomic mass is 10.1. The Morgan fingerprint density at radius 3 is 1.50 bits per heavy atom. The van der Waals surface area contributed by atoms with Crippen molar-refractivity contribution in [3.8, 4) is 0 Å². The number of unbranched alkanes of at least 4 members (excludes halogenated alkanes) is 5. The third-order valence-electron chi connectivity index (χ3n) is 1.87. The Balaban J connectivity index is 0.000000249. The van der Waals surface area contributed by atoms with E-state index in [0.29, 0.717) is 0 Å². The van der Waals surface area contributed by atoms with Crippen LogP contribution in [0.15, 0.2) is 18.5 Å². The van der Waals surface area contributed by atoms with Gasteiger partial charge in [0.2, 0.25) is 0 Å². The van der Waals surface area contributed by atoms with Gasteiger partial charge in [0.25, 0.3) is 0 Å². The van der Waals surface area contributed by atoms with Crippen LogP contribution >= 0.6 is 0 Å². The van der Waals surface area contributed by atoms with Crippen molar-refractivity contribution >= 4 is 0 Å². The van der Waals surface area contributed by atoms with Gasteiger partial charge >= 0.3 is 0 Å². The Bertz CT molecular complexity index is 144. The molecule has 0 bridgehead atoms. The molecule has 0 fully saturated rings. The molecule has 1 heterocycles. The van der Waals surface area contributed by atoms with E-state index in [4.69, 9.17) is 0 Å². The van der Waals surface area contributed by atoms with Crippen LogP contribution in [0, 0.1) is 0 Å². The van der Waals surface area contributed by atoms with E-state index in [9.17, 15) is 0 Å². The van der Waals surface area contributed by atoms with E-state index < -0.39 is 0 Å². The average molecular weight is 195 g/mol. The van der Waals surface area contributed by atoms with Crippen molar-refractivity contribution in [3.05, 3.63) is 18.5 Å². The third kappa shape index (κ3) is 11.0. The van der Waals surface area contributed by atoms with Gasteiger partial charge in [0.1, 0.15) is 0 Å². The predicted molar refractivity (Wildman–Crippen MR) is 58.9 cm³/mol. The van der Waals surface area contributed by atoms with Gasteiger partial charge in [-0.25, -0.2) is 0 Å². The number of nitrogens with zero attached hydrogens (tertiary/aromatic N) is 3. The first-order chi connectivity index (χ1) is 6.91. The summed E-state index contributed by atoms with van der Waals surface area (Å²) >= 11 is 0. The fourth-order valence-electron chi connectivity index (χ4n) is 1.06. The first kappa shape index (κ1) is 13.0. The second kappa shape index (κ2) is 12.0. The van der Waals surface area contributed by atoms with Crippen LogP contribution in [-0.2, 0) is 0 Å². The standard InChI is InChI=1S/C8H18.C3H3N3/c1-3-5-7-8-6-4-2;1-2-4-6-5-3-1/h3-8H2,1-2H3;1-3H. The van der Waals surface area contributed by atoms with E-state index in [1.807, 2.05) is 0 Å². The molecule has 1 aromatic heterocycles. The van der Waals surface area contributed by atoms with Crippen LogP contribution in [0.25, 0.3) is 0 Å². The molecule has 0 aromatic carbocycles. The minimum absolute atomic E-state index is 1.36. The van der Waals surface area contributed by atoms with Crippen molar-refractivity contribution in [2.75, 3.05) is 0 Å². The Morgan fingerprint density at radius 1 is 0.786 bits per heavy atom. The number of aromatic nitrogens is 3. The molecule has 14 heavy (non-hydrogen) atoms. The van der Waals surface area contributed by atoms with Gasteiger partial charge in [-0.3, -0.25) is 0 Å². The van der Waals surface area contributed by atoms with E-state index in [-0.39, 0.29) is 0 Å². The van der Waals surface area contributed by atoms with Gasteiger partial charge in [0.15, 0.2) is 0 Å². The summed E-state index contributed by atoms with van der Waals surface area (Å²) < 4.78 is 0. The molecule has 80 valence electrons. The average Bonchev–Trinajstić information content (AvgIpc) is 2.28. The summed E-state index contributed by atoms with van der Waals surface area (Å²) in [5.41, 5.74) is 0. The van der Waals surface area contributed by atoms with Gasteiger partial charge < -0.3 is 0 Å². The maximum absolute atomic E-state index is 3.42. The zero-order chi connectivity index (χ0) is 10.5. The lowest BCUT2D eigenvalue weighted by Gasteiger charge is -1.93. The Hall–Kier alpha value is -0.990. The highest BCUT2D eigenvalue weighted by molar-refractivity contribution is 4.69. The zero-order valence-corrected chi connectivity index (χ0v) is 9.32. The maximum Gasteiger partial charge on any atom is 0.0529 e. The van der Waals surface area contributed by atoms with Gasteiger partial charge in [0, 0.05) is 0 Å². The van der Waals surface area contributed by atoms with Crippen LogP contribution < -0.4 is 0 Å². The highest BCUT2D eigenvalue weighted by atomic mass is 15.3. The van der Waals surface area contributed by atoms with Crippen LogP contribution in [0.2, 0.25) is 0 Å². The first-order valence-electron chi connectivity index (χ1n) is 5.50. The number of hydrogen-bond acceptors (Lipinski definition) is 3. The summed E-state index contributed by atoms with van der Waals surface area (Å²) in [5.74, 6) is 0. The van der Waals surface area contributed by atoms with E-state index in [0.717, 1.165) is 0 Å². The summed E-state index contributed by atoms with van der Waals surface area (Å²) in [7, 11) is 0. The molecule has 0 spiro atoms. The summed E-state index contributed by atoms with van der Waals surface area (Å²) in [6.45, 7) is 4.51. The predicted octanol–water partition coefficient (Wildman–Crippen LogP) is 3.24. The molecule has 1 rings (SSSR count). The summed E-state index contributed by atoms with van der Waals surface area (Å²) in [6.07, 6.45) is 11.6. The fraction of sp³-hybridized carbons (Fsp3) is 0.727. The van der Waals surface area contributed by atoms with Crippen LogP contribution in [0.1, 0.15) is 52.4 Å². The fourth-order valence-corrected chi connectivity index (χ4v) is 1.06. The van der Waals surface area contributed by atoms with Crippen LogP contribution in [0.3, 0.4) is 0 Å².